The van der Waals surface area contributed by atoms with Crippen LogP contribution in [0.25, 0.3) is 0 Å². The molecule has 2 N–H and O–H groups in total. The lowest BCUT2D eigenvalue weighted by atomic mass is 10.1. The van der Waals surface area contributed by atoms with Gasteiger partial charge in [0, 0.05) is 18.8 Å². The van der Waals surface area contributed by atoms with Gasteiger partial charge in [-0.25, -0.2) is 0 Å². The summed E-state index contributed by atoms with van der Waals surface area (Å²) in [5, 5.41) is 0. The lowest BCUT2D eigenvalue weighted by molar-refractivity contribution is 0.0746. The van der Waals surface area contributed by atoms with Crippen LogP contribution in [0.3, 0.4) is 0 Å². The first kappa shape index (κ1) is 14.4. The van der Waals surface area contributed by atoms with E-state index >= 15 is 0 Å². The number of hydrogen-bond acceptors (Lipinski definition) is 3. The number of nitrogen functional groups attached to an aromatic ring is 1. The molecular weight excluding hydrogens is 228 g/mol. The highest BCUT2D eigenvalue weighted by Crippen LogP contribution is 2.21. The Labute approximate surface area is 109 Å². The number of hydrogen-bond donors (Lipinski definition) is 1. The van der Waals surface area contributed by atoms with Crippen LogP contribution in [-0.2, 0) is 0 Å². The lowest BCUT2D eigenvalue weighted by Crippen LogP contribution is -2.34. The Kier molecular flexibility index (Phi) is 5.01. The summed E-state index contributed by atoms with van der Waals surface area (Å²) in [6.07, 6.45) is 0. The fraction of sp³-hybridized carbons (Fsp3) is 0.500. The van der Waals surface area contributed by atoms with Crippen LogP contribution in [0.5, 0.6) is 5.75 Å². The molecule has 100 valence electrons. The summed E-state index contributed by atoms with van der Waals surface area (Å²) in [6, 6.07) is 5.15. The van der Waals surface area contributed by atoms with E-state index in [1.54, 1.807) is 30.2 Å². The van der Waals surface area contributed by atoms with Crippen molar-refractivity contribution in [3.05, 3.63) is 23.8 Å². The zero-order chi connectivity index (χ0) is 13.7. The van der Waals surface area contributed by atoms with Gasteiger partial charge in [-0.15, -0.1) is 0 Å². The molecule has 0 spiro atoms. The van der Waals surface area contributed by atoms with Gasteiger partial charge in [0.25, 0.3) is 5.91 Å². The molecule has 1 amide bonds. The molecule has 0 saturated carbocycles. The maximum absolute atomic E-state index is 12.4. The second kappa shape index (κ2) is 6.28. The van der Waals surface area contributed by atoms with E-state index in [2.05, 4.69) is 13.8 Å². The number of carbonyl (C=O) groups is 1. The van der Waals surface area contributed by atoms with Gasteiger partial charge >= 0.3 is 0 Å². The summed E-state index contributed by atoms with van der Waals surface area (Å²) >= 11 is 0. The molecule has 0 unspecified atom stereocenters. The van der Waals surface area contributed by atoms with Gasteiger partial charge in [0.05, 0.1) is 12.7 Å². The number of ether oxygens (including phenoxy) is 1. The van der Waals surface area contributed by atoms with Crippen molar-refractivity contribution in [2.24, 2.45) is 5.92 Å². The highest BCUT2D eigenvalue weighted by atomic mass is 16.5. The maximum Gasteiger partial charge on any atom is 0.256 e. The van der Waals surface area contributed by atoms with Crippen molar-refractivity contribution in [3.63, 3.8) is 0 Å². The van der Waals surface area contributed by atoms with Crippen LogP contribution in [0.4, 0.5) is 5.69 Å². The predicted octanol–water partition coefficient (Wildman–Crippen LogP) is 2.40. The van der Waals surface area contributed by atoms with Crippen molar-refractivity contribution in [2.45, 2.75) is 20.8 Å². The third-order valence-electron chi connectivity index (χ3n) is 2.75. The second-order valence-corrected chi connectivity index (χ2v) is 4.69. The molecule has 0 aromatic heterocycles. The Morgan fingerprint density at radius 3 is 2.61 bits per heavy atom. The molecule has 0 aliphatic heterocycles. The van der Waals surface area contributed by atoms with E-state index in [1.807, 2.05) is 6.92 Å². The largest absolute Gasteiger partial charge is 0.497 e. The number of amides is 1. The predicted molar refractivity (Wildman–Crippen MR) is 73.8 cm³/mol. The van der Waals surface area contributed by atoms with Gasteiger partial charge in [-0.2, -0.15) is 0 Å². The number of carbonyl (C=O) groups excluding carboxylic acids is 1. The topological polar surface area (TPSA) is 55.6 Å². The Morgan fingerprint density at radius 2 is 2.11 bits per heavy atom. The van der Waals surface area contributed by atoms with Crippen LogP contribution >= 0.6 is 0 Å². The highest BCUT2D eigenvalue weighted by Gasteiger charge is 2.18. The first-order chi connectivity index (χ1) is 8.49. The fourth-order valence-corrected chi connectivity index (χ4v) is 1.81. The van der Waals surface area contributed by atoms with Crippen molar-refractivity contribution in [2.75, 3.05) is 25.9 Å². The minimum absolute atomic E-state index is 0.0393. The summed E-state index contributed by atoms with van der Waals surface area (Å²) in [5.74, 6) is 1.04. The Hall–Kier alpha value is -1.71. The third-order valence-corrected chi connectivity index (χ3v) is 2.75. The summed E-state index contributed by atoms with van der Waals surface area (Å²) in [6.45, 7) is 7.55. The van der Waals surface area contributed by atoms with Crippen LogP contribution in [0.2, 0.25) is 0 Å². The standard InChI is InChI=1S/C14H22N2O2/c1-5-16(9-10(2)3)14(17)12-8-11(18-4)6-7-13(12)15/h6-8,10H,5,9,15H2,1-4H3. The number of nitrogens with two attached hydrogens (primary N) is 1. The van der Waals surface area contributed by atoms with Gasteiger partial charge in [-0.3, -0.25) is 4.79 Å². The van der Waals surface area contributed by atoms with E-state index in [4.69, 9.17) is 10.5 Å². The molecule has 0 atom stereocenters. The van der Waals surface area contributed by atoms with Gasteiger partial charge in [-0.05, 0) is 31.0 Å². The monoisotopic (exact) mass is 250 g/mol. The molecule has 0 heterocycles. The van der Waals surface area contributed by atoms with Crippen LogP contribution in [0, 0.1) is 5.92 Å². The average Bonchev–Trinajstić information content (AvgIpc) is 2.35. The molecule has 0 bridgehead atoms. The number of rotatable bonds is 5. The number of methoxy groups -OCH3 is 1. The van der Waals surface area contributed by atoms with Crippen LogP contribution in [-0.4, -0.2) is 31.0 Å². The van der Waals surface area contributed by atoms with Crippen molar-refractivity contribution >= 4 is 11.6 Å². The normalized spacial score (nSPS) is 10.5. The van der Waals surface area contributed by atoms with E-state index in [0.717, 1.165) is 6.54 Å². The quantitative estimate of drug-likeness (QED) is 0.816. The van der Waals surface area contributed by atoms with Gasteiger partial charge in [0.1, 0.15) is 5.75 Å². The molecule has 0 radical (unpaired) electrons. The summed E-state index contributed by atoms with van der Waals surface area (Å²) < 4.78 is 5.13. The molecule has 1 aromatic carbocycles. The molecule has 0 fully saturated rings. The Balaban J connectivity index is 3.00. The molecule has 0 aliphatic carbocycles. The van der Waals surface area contributed by atoms with Crippen molar-refractivity contribution in [1.29, 1.82) is 0 Å². The molecular formula is C14H22N2O2. The lowest BCUT2D eigenvalue weighted by Gasteiger charge is -2.23. The molecule has 18 heavy (non-hydrogen) atoms. The van der Waals surface area contributed by atoms with Crippen molar-refractivity contribution in [3.8, 4) is 5.75 Å². The summed E-state index contributed by atoms with van der Waals surface area (Å²) in [7, 11) is 1.57. The minimum Gasteiger partial charge on any atom is -0.497 e. The van der Waals surface area contributed by atoms with E-state index in [1.165, 1.54) is 0 Å². The maximum atomic E-state index is 12.4. The Morgan fingerprint density at radius 1 is 1.44 bits per heavy atom. The van der Waals surface area contributed by atoms with Gasteiger partial charge < -0.3 is 15.4 Å². The first-order valence-corrected chi connectivity index (χ1v) is 6.22. The number of nitrogens with zero attached hydrogens (tertiary/aromatic N) is 1. The van der Waals surface area contributed by atoms with Crippen LogP contribution < -0.4 is 10.5 Å². The first-order valence-electron chi connectivity index (χ1n) is 6.22. The Bertz CT molecular complexity index is 416. The van der Waals surface area contributed by atoms with Gasteiger partial charge in [0.2, 0.25) is 0 Å². The van der Waals surface area contributed by atoms with Crippen molar-refractivity contribution in [1.82, 2.24) is 4.90 Å². The smallest absolute Gasteiger partial charge is 0.256 e. The minimum atomic E-state index is -0.0393. The average molecular weight is 250 g/mol. The molecule has 4 nitrogen and oxygen atoms in total. The van der Waals surface area contributed by atoms with Crippen LogP contribution in [0.15, 0.2) is 18.2 Å². The van der Waals surface area contributed by atoms with Crippen molar-refractivity contribution < 1.29 is 9.53 Å². The number of anilines is 1. The zero-order valence-corrected chi connectivity index (χ0v) is 11.6. The third kappa shape index (κ3) is 3.39. The van der Waals surface area contributed by atoms with E-state index in [0.29, 0.717) is 29.5 Å². The molecule has 1 rings (SSSR count). The summed E-state index contributed by atoms with van der Waals surface area (Å²) in [5.41, 5.74) is 6.87. The molecule has 0 saturated heterocycles. The van der Waals surface area contributed by atoms with E-state index in [9.17, 15) is 4.79 Å². The fourth-order valence-electron chi connectivity index (χ4n) is 1.81. The van der Waals surface area contributed by atoms with Crippen LogP contribution in [0.1, 0.15) is 31.1 Å². The SMILES string of the molecule is CCN(CC(C)C)C(=O)c1cc(OC)ccc1N. The number of benzene rings is 1. The summed E-state index contributed by atoms with van der Waals surface area (Å²) in [4.78, 5) is 14.2. The van der Waals surface area contributed by atoms with E-state index in [-0.39, 0.29) is 5.91 Å². The molecule has 4 heteroatoms. The second-order valence-electron chi connectivity index (χ2n) is 4.69. The zero-order valence-electron chi connectivity index (χ0n) is 11.6. The molecule has 1 aromatic rings. The highest BCUT2D eigenvalue weighted by molar-refractivity contribution is 5.99. The van der Waals surface area contributed by atoms with Gasteiger partial charge in [-0.1, -0.05) is 13.8 Å². The van der Waals surface area contributed by atoms with Gasteiger partial charge in [0.15, 0.2) is 0 Å². The molecule has 0 aliphatic rings. The van der Waals surface area contributed by atoms with E-state index < -0.39 is 0 Å².